The van der Waals surface area contributed by atoms with Crippen LogP contribution in [0, 0.1) is 0 Å². The van der Waals surface area contributed by atoms with Crippen molar-refractivity contribution < 1.29 is 4.39 Å². The molecule has 0 aliphatic carbocycles. The number of alkyl halides is 1. The Labute approximate surface area is 58.8 Å². The first-order valence-corrected chi connectivity index (χ1v) is 3.13. The van der Waals surface area contributed by atoms with Crippen LogP contribution in [0.15, 0.2) is 12.4 Å². The molecule has 0 bridgehead atoms. The van der Waals surface area contributed by atoms with Crippen molar-refractivity contribution in [2.75, 3.05) is 19.0 Å². The number of hydrogen-bond acceptors (Lipinski definition) is 2. The molecule has 0 radical (unpaired) electrons. The molecule has 0 spiro atoms. The fraction of sp³-hybridized carbons (Fsp3) is 0.500. The first kappa shape index (κ1) is 7.05. The highest BCUT2D eigenvalue weighted by Gasteiger charge is 1.93. The van der Waals surface area contributed by atoms with Crippen molar-refractivity contribution in [3.8, 4) is 0 Å². The van der Waals surface area contributed by atoms with Crippen LogP contribution in [0.25, 0.3) is 0 Å². The maximum atomic E-state index is 11.7. The highest BCUT2D eigenvalue weighted by atomic mass is 19.1. The van der Waals surface area contributed by atoms with Crippen LogP contribution in [0.2, 0.25) is 0 Å². The Morgan fingerprint density at radius 2 is 2.60 bits per heavy atom. The van der Waals surface area contributed by atoms with Crippen molar-refractivity contribution in [2.24, 2.45) is 0 Å². The molecule has 0 aliphatic rings. The van der Waals surface area contributed by atoms with Gasteiger partial charge in [0.05, 0.1) is 18.4 Å². The Balaban J connectivity index is 2.59. The first-order valence-electron chi connectivity index (χ1n) is 3.13. The summed E-state index contributed by atoms with van der Waals surface area (Å²) in [4.78, 5) is 0. The molecule has 0 aliphatic heterocycles. The molecule has 1 heterocycles. The van der Waals surface area contributed by atoms with Gasteiger partial charge in [-0.15, -0.1) is 0 Å². The molecule has 1 aromatic rings. The van der Waals surface area contributed by atoms with Gasteiger partial charge in [-0.1, -0.05) is 0 Å². The third-order valence-electron chi connectivity index (χ3n) is 1.24. The van der Waals surface area contributed by atoms with Crippen molar-refractivity contribution >= 4 is 5.69 Å². The van der Waals surface area contributed by atoms with E-state index in [1.54, 1.807) is 24.1 Å². The Morgan fingerprint density at radius 3 is 3.10 bits per heavy atom. The maximum absolute atomic E-state index is 11.7. The molecular formula is C6H10FN3. The zero-order valence-corrected chi connectivity index (χ0v) is 5.84. The van der Waals surface area contributed by atoms with Crippen LogP contribution in [0.3, 0.4) is 0 Å². The fourth-order valence-corrected chi connectivity index (χ4v) is 0.702. The molecule has 0 unspecified atom stereocenters. The number of nitrogens with zero attached hydrogens (tertiary/aromatic N) is 2. The fourth-order valence-electron chi connectivity index (χ4n) is 0.702. The number of halogens is 1. The van der Waals surface area contributed by atoms with E-state index in [1.165, 1.54) is 0 Å². The standard InChI is InChI=1S/C6H10FN3/c1-8-6-4-9-10(5-6)3-2-7/h4-5,8H,2-3H2,1H3. The van der Waals surface area contributed by atoms with Crippen LogP contribution in [-0.4, -0.2) is 23.5 Å². The highest BCUT2D eigenvalue weighted by Crippen LogP contribution is 2.01. The van der Waals surface area contributed by atoms with E-state index >= 15 is 0 Å². The summed E-state index contributed by atoms with van der Waals surface area (Å²) in [7, 11) is 1.80. The maximum Gasteiger partial charge on any atom is 0.109 e. The largest absolute Gasteiger partial charge is 0.386 e. The second-order valence-corrected chi connectivity index (χ2v) is 1.93. The second kappa shape index (κ2) is 3.20. The Hall–Kier alpha value is -1.06. The van der Waals surface area contributed by atoms with Crippen molar-refractivity contribution in [3.63, 3.8) is 0 Å². The normalized spacial score (nSPS) is 9.80. The van der Waals surface area contributed by atoms with Gasteiger partial charge in [0, 0.05) is 13.2 Å². The molecule has 1 aromatic heterocycles. The topological polar surface area (TPSA) is 29.9 Å². The van der Waals surface area contributed by atoms with E-state index in [4.69, 9.17) is 0 Å². The zero-order valence-electron chi connectivity index (χ0n) is 5.84. The lowest BCUT2D eigenvalue weighted by molar-refractivity contribution is 0.427. The number of anilines is 1. The predicted octanol–water partition coefficient (Wildman–Crippen LogP) is 0.894. The van der Waals surface area contributed by atoms with Crippen LogP contribution in [0.5, 0.6) is 0 Å². The van der Waals surface area contributed by atoms with Crippen LogP contribution in [0.4, 0.5) is 10.1 Å². The van der Waals surface area contributed by atoms with Gasteiger partial charge < -0.3 is 5.32 Å². The molecule has 10 heavy (non-hydrogen) atoms. The molecule has 1 rings (SSSR count). The summed E-state index contributed by atoms with van der Waals surface area (Å²) < 4.78 is 13.3. The number of aromatic nitrogens is 2. The molecule has 0 atom stereocenters. The molecule has 3 nitrogen and oxygen atoms in total. The lowest BCUT2D eigenvalue weighted by Gasteiger charge is -1.92. The lowest BCUT2D eigenvalue weighted by Crippen LogP contribution is -1.98. The highest BCUT2D eigenvalue weighted by molar-refractivity contribution is 5.36. The van der Waals surface area contributed by atoms with Crippen LogP contribution in [0.1, 0.15) is 0 Å². The SMILES string of the molecule is CNc1cnn(CCF)c1. The van der Waals surface area contributed by atoms with E-state index in [0.717, 1.165) is 5.69 Å². The summed E-state index contributed by atoms with van der Waals surface area (Å²) in [5, 5.41) is 6.79. The van der Waals surface area contributed by atoms with Gasteiger partial charge >= 0.3 is 0 Å². The van der Waals surface area contributed by atoms with Gasteiger partial charge in [0.1, 0.15) is 6.67 Å². The van der Waals surface area contributed by atoms with E-state index in [9.17, 15) is 4.39 Å². The summed E-state index contributed by atoms with van der Waals surface area (Å²) in [5.74, 6) is 0. The molecular weight excluding hydrogens is 133 g/mol. The molecule has 0 saturated carbocycles. The Bertz CT molecular complexity index is 197. The van der Waals surface area contributed by atoms with Gasteiger partial charge in [0.15, 0.2) is 0 Å². The minimum atomic E-state index is -0.370. The second-order valence-electron chi connectivity index (χ2n) is 1.93. The summed E-state index contributed by atoms with van der Waals surface area (Å²) in [6, 6.07) is 0. The summed E-state index contributed by atoms with van der Waals surface area (Å²) >= 11 is 0. The molecule has 56 valence electrons. The van der Waals surface area contributed by atoms with E-state index in [0.29, 0.717) is 6.54 Å². The molecule has 1 N–H and O–H groups in total. The van der Waals surface area contributed by atoms with E-state index in [2.05, 4.69) is 10.4 Å². The first-order chi connectivity index (χ1) is 4.86. The number of hydrogen-bond donors (Lipinski definition) is 1. The van der Waals surface area contributed by atoms with E-state index < -0.39 is 0 Å². The van der Waals surface area contributed by atoms with E-state index in [1.807, 2.05) is 0 Å². The minimum absolute atomic E-state index is 0.335. The van der Waals surface area contributed by atoms with Crippen LogP contribution in [-0.2, 0) is 6.54 Å². The number of aryl methyl sites for hydroxylation is 1. The zero-order chi connectivity index (χ0) is 7.40. The Kier molecular flexibility index (Phi) is 2.25. The molecule has 4 heteroatoms. The van der Waals surface area contributed by atoms with Gasteiger partial charge in [0.2, 0.25) is 0 Å². The summed E-state index contributed by atoms with van der Waals surface area (Å²) in [5.41, 5.74) is 0.911. The van der Waals surface area contributed by atoms with Gasteiger partial charge in [-0.25, -0.2) is 4.39 Å². The third kappa shape index (κ3) is 1.46. The van der Waals surface area contributed by atoms with Crippen molar-refractivity contribution in [2.45, 2.75) is 6.54 Å². The molecule has 0 aromatic carbocycles. The molecule has 0 fully saturated rings. The van der Waals surface area contributed by atoms with Gasteiger partial charge in [-0.2, -0.15) is 5.10 Å². The number of nitrogens with one attached hydrogen (secondary N) is 1. The average molecular weight is 143 g/mol. The van der Waals surface area contributed by atoms with E-state index in [-0.39, 0.29) is 6.67 Å². The molecule has 0 saturated heterocycles. The third-order valence-corrected chi connectivity index (χ3v) is 1.24. The van der Waals surface area contributed by atoms with Crippen molar-refractivity contribution in [1.29, 1.82) is 0 Å². The smallest absolute Gasteiger partial charge is 0.109 e. The lowest BCUT2D eigenvalue weighted by atomic mass is 10.6. The van der Waals surface area contributed by atoms with Crippen molar-refractivity contribution in [3.05, 3.63) is 12.4 Å². The van der Waals surface area contributed by atoms with Crippen LogP contribution < -0.4 is 5.32 Å². The minimum Gasteiger partial charge on any atom is -0.386 e. The van der Waals surface area contributed by atoms with Gasteiger partial charge in [-0.3, -0.25) is 4.68 Å². The Morgan fingerprint density at radius 1 is 1.80 bits per heavy atom. The van der Waals surface area contributed by atoms with Crippen molar-refractivity contribution in [1.82, 2.24) is 9.78 Å². The predicted molar refractivity (Wildman–Crippen MR) is 37.7 cm³/mol. The summed E-state index contributed by atoms with van der Waals surface area (Å²) in [6.45, 7) is -0.0352. The molecule has 0 amide bonds. The number of rotatable bonds is 3. The quantitative estimate of drug-likeness (QED) is 0.681. The van der Waals surface area contributed by atoms with Gasteiger partial charge in [-0.05, 0) is 0 Å². The monoisotopic (exact) mass is 143 g/mol. The van der Waals surface area contributed by atoms with Gasteiger partial charge in [0.25, 0.3) is 0 Å². The summed E-state index contributed by atoms with van der Waals surface area (Å²) in [6.07, 6.45) is 3.43. The average Bonchev–Trinajstić information content (AvgIpc) is 2.37. The van der Waals surface area contributed by atoms with Crippen LogP contribution >= 0.6 is 0 Å².